The van der Waals surface area contributed by atoms with Gasteiger partial charge in [-0.05, 0) is 25.6 Å². The lowest BCUT2D eigenvalue weighted by Crippen LogP contribution is -2.05. The van der Waals surface area contributed by atoms with Gasteiger partial charge in [0.25, 0.3) is 0 Å². The molecule has 0 atom stereocenters. The predicted octanol–water partition coefficient (Wildman–Crippen LogP) is 3.07. The van der Waals surface area contributed by atoms with Gasteiger partial charge < -0.3 is 10.1 Å². The fourth-order valence-corrected chi connectivity index (χ4v) is 1.56. The Morgan fingerprint density at radius 2 is 2.27 bits per heavy atom. The van der Waals surface area contributed by atoms with E-state index in [1.807, 2.05) is 32.2 Å². The van der Waals surface area contributed by atoms with Crippen molar-refractivity contribution in [3.8, 4) is 0 Å². The summed E-state index contributed by atoms with van der Waals surface area (Å²) in [5.41, 5.74) is 2.01. The topological polar surface area (TPSA) is 21.3 Å². The van der Waals surface area contributed by atoms with E-state index >= 15 is 0 Å². The van der Waals surface area contributed by atoms with Crippen molar-refractivity contribution < 1.29 is 4.74 Å². The largest absolute Gasteiger partial charge is 0.494 e. The highest BCUT2D eigenvalue weighted by atomic mass is 35.5. The van der Waals surface area contributed by atoms with Crippen LogP contribution in [0.3, 0.4) is 0 Å². The van der Waals surface area contributed by atoms with Crippen LogP contribution in [-0.2, 0) is 11.3 Å². The Morgan fingerprint density at radius 1 is 1.53 bits per heavy atom. The summed E-state index contributed by atoms with van der Waals surface area (Å²) in [4.78, 5) is 0. The first kappa shape index (κ1) is 12.1. The lowest BCUT2D eigenvalue weighted by molar-refractivity contribution is 0.299. The molecule has 0 unspecified atom stereocenters. The maximum Gasteiger partial charge on any atom is 0.119 e. The summed E-state index contributed by atoms with van der Waals surface area (Å²) >= 11 is 6.12. The van der Waals surface area contributed by atoms with E-state index < -0.39 is 0 Å². The quantitative estimate of drug-likeness (QED) is 0.778. The van der Waals surface area contributed by atoms with E-state index in [9.17, 15) is 0 Å². The van der Waals surface area contributed by atoms with Crippen molar-refractivity contribution in [3.63, 3.8) is 0 Å². The SMILES string of the molecule is C=C(OCC)c1ccc(CNC)c(Cl)c1. The number of benzene rings is 1. The van der Waals surface area contributed by atoms with Crippen molar-refractivity contribution in [1.29, 1.82) is 0 Å². The molecule has 1 N–H and O–H groups in total. The highest BCUT2D eigenvalue weighted by Crippen LogP contribution is 2.22. The second-order valence-electron chi connectivity index (χ2n) is 3.19. The highest BCUT2D eigenvalue weighted by molar-refractivity contribution is 6.31. The number of halogens is 1. The predicted molar refractivity (Wildman–Crippen MR) is 64.9 cm³/mol. The van der Waals surface area contributed by atoms with Gasteiger partial charge in [0.15, 0.2) is 0 Å². The first-order chi connectivity index (χ1) is 7.19. The van der Waals surface area contributed by atoms with E-state index in [-0.39, 0.29) is 0 Å². The summed E-state index contributed by atoms with van der Waals surface area (Å²) in [6, 6.07) is 5.83. The molecule has 0 saturated carbocycles. The summed E-state index contributed by atoms with van der Waals surface area (Å²) in [7, 11) is 1.89. The molecule has 1 rings (SSSR count). The molecule has 0 aliphatic rings. The molecule has 15 heavy (non-hydrogen) atoms. The minimum absolute atomic E-state index is 0.620. The van der Waals surface area contributed by atoms with Crippen molar-refractivity contribution in [2.45, 2.75) is 13.5 Å². The lowest BCUT2D eigenvalue weighted by Gasteiger charge is -2.09. The summed E-state index contributed by atoms with van der Waals surface area (Å²) in [5.74, 6) is 0.662. The van der Waals surface area contributed by atoms with Gasteiger partial charge in [0.2, 0.25) is 0 Å². The Labute approximate surface area is 95.9 Å². The third kappa shape index (κ3) is 3.26. The molecule has 0 aliphatic heterocycles. The first-order valence-corrected chi connectivity index (χ1v) is 5.32. The number of rotatable bonds is 5. The molecular weight excluding hydrogens is 210 g/mol. The zero-order valence-electron chi connectivity index (χ0n) is 9.14. The second kappa shape index (κ2) is 5.79. The van der Waals surface area contributed by atoms with Gasteiger partial charge in [-0.3, -0.25) is 0 Å². The standard InChI is InChI=1S/C12H16ClNO/c1-4-15-9(2)10-5-6-11(8-14-3)12(13)7-10/h5-7,14H,2,4,8H2,1,3H3. The average Bonchev–Trinajstić information content (AvgIpc) is 2.21. The van der Waals surface area contributed by atoms with E-state index in [1.165, 1.54) is 0 Å². The minimum atomic E-state index is 0.620. The van der Waals surface area contributed by atoms with Gasteiger partial charge in [0.1, 0.15) is 5.76 Å². The van der Waals surface area contributed by atoms with Crippen LogP contribution in [0.1, 0.15) is 18.1 Å². The fourth-order valence-electron chi connectivity index (χ4n) is 1.31. The van der Waals surface area contributed by atoms with E-state index in [1.54, 1.807) is 0 Å². The van der Waals surface area contributed by atoms with Gasteiger partial charge in [-0.2, -0.15) is 0 Å². The van der Waals surface area contributed by atoms with Gasteiger partial charge in [0, 0.05) is 17.1 Å². The Kier molecular flexibility index (Phi) is 4.66. The Morgan fingerprint density at radius 3 is 2.80 bits per heavy atom. The third-order valence-electron chi connectivity index (χ3n) is 2.06. The summed E-state index contributed by atoms with van der Waals surface area (Å²) in [5, 5.41) is 3.80. The molecule has 0 saturated heterocycles. The van der Waals surface area contributed by atoms with Crippen LogP contribution in [0.2, 0.25) is 5.02 Å². The van der Waals surface area contributed by atoms with Crippen LogP contribution in [0.5, 0.6) is 0 Å². The van der Waals surface area contributed by atoms with Crippen molar-refractivity contribution in [1.82, 2.24) is 5.32 Å². The van der Waals surface area contributed by atoms with Gasteiger partial charge in [-0.25, -0.2) is 0 Å². The molecule has 0 spiro atoms. The molecule has 0 bridgehead atoms. The minimum Gasteiger partial charge on any atom is -0.494 e. The molecule has 82 valence electrons. The molecule has 1 aromatic rings. The Bertz CT molecular complexity index is 349. The first-order valence-electron chi connectivity index (χ1n) is 4.94. The van der Waals surface area contributed by atoms with Gasteiger partial charge >= 0.3 is 0 Å². The summed E-state index contributed by atoms with van der Waals surface area (Å²) in [6.45, 7) is 7.15. The summed E-state index contributed by atoms with van der Waals surface area (Å²) in [6.07, 6.45) is 0. The smallest absolute Gasteiger partial charge is 0.119 e. The Balaban J connectivity index is 2.86. The molecule has 1 aromatic carbocycles. The van der Waals surface area contributed by atoms with Crippen LogP contribution in [-0.4, -0.2) is 13.7 Å². The zero-order valence-corrected chi connectivity index (χ0v) is 9.90. The number of nitrogens with one attached hydrogen (secondary N) is 1. The molecule has 0 heterocycles. The molecule has 3 heteroatoms. The zero-order chi connectivity index (χ0) is 11.3. The second-order valence-corrected chi connectivity index (χ2v) is 3.60. The average molecular weight is 226 g/mol. The molecule has 0 radical (unpaired) electrons. The van der Waals surface area contributed by atoms with E-state index in [0.29, 0.717) is 12.4 Å². The van der Waals surface area contributed by atoms with Crippen LogP contribution < -0.4 is 5.32 Å². The maximum absolute atomic E-state index is 6.12. The van der Waals surface area contributed by atoms with E-state index in [0.717, 1.165) is 22.7 Å². The van der Waals surface area contributed by atoms with Crippen LogP contribution in [0, 0.1) is 0 Å². The van der Waals surface area contributed by atoms with Crippen LogP contribution >= 0.6 is 11.6 Å². The van der Waals surface area contributed by atoms with Crippen molar-refractivity contribution in [3.05, 3.63) is 40.9 Å². The monoisotopic (exact) mass is 225 g/mol. The van der Waals surface area contributed by atoms with Gasteiger partial charge in [-0.1, -0.05) is 30.3 Å². The van der Waals surface area contributed by atoms with E-state index in [2.05, 4.69) is 11.9 Å². The third-order valence-corrected chi connectivity index (χ3v) is 2.41. The molecule has 0 aliphatic carbocycles. The van der Waals surface area contributed by atoms with Crippen molar-refractivity contribution >= 4 is 17.4 Å². The fraction of sp³-hybridized carbons (Fsp3) is 0.333. The van der Waals surface area contributed by atoms with Gasteiger partial charge in [0.05, 0.1) is 6.61 Å². The van der Waals surface area contributed by atoms with Crippen LogP contribution in [0.25, 0.3) is 5.76 Å². The van der Waals surface area contributed by atoms with Crippen LogP contribution in [0.4, 0.5) is 0 Å². The van der Waals surface area contributed by atoms with Crippen LogP contribution in [0.15, 0.2) is 24.8 Å². The van der Waals surface area contributed by atoms with E-state index in [4.69, 9.17) is 16.3 Å². The molecule has 2 nitrogen and oxygen atoms in total. The summed E-state index contributed by atoms with van der Waals surface area (Å²) < 4.78 is 5.31. The lowest BCUT2D eigenvalue weighted by atomic mass is 10.1. The molecule has 0 aromatic heterocycles. The maximum atomic E-state index is 6.12. The Hall–Kier alpha value is -0.990. The van der Waals surface area contributed by atoms with Gasteiger partial charge in [-0.15, -0.1) is 0 Å². The highest BCUT2D eigenvalue weighted by Gasteiger charge is 2.04. The number of hydrogen-bond acceptors (Lipinski definition) is 2. The molecular formula is C12H16ClNO. The molecule has 0 fully saturated rings. The van der Waals surface area contributed by atoms with Crippen molar-refractivity contribution in [2.75, 3.05) is 13.7 Å². The number of ether oxygens (including phenoxy) is 1. The molecule has 0 amide bonds. The number of hydrogen-bond donors (Lipinski definition) is 1. The van der Waals surface area contributed by atoms with Crippen molar-refractivity contribution in [2.24, 2.45) is 0 Å². The normalized spacial score (nSPS) is 10.1.